The van der Waals surface area contributed by atoms with Gasteiger partial charge in [-0.3, -0.25) is 9.59 Å². The second-order valence-corrected chi connectivity index (χ2v) is 8.48. The topological polar surface area (TPSA) is 61.9 Å². The largest absolute Gasteiger partial charge is 0.478 e. The number of benzene rings is 2. The maximum atomic E-state index is 12.7. The van der Waals surface area contributed by atoms with Gasteiger partial charge in [-0.25, -0.2) is 0 Å². The Morgan fingerprint density at radius 2 is 1.55 bits per heavy atom. The average Bonchev–Trinajstić information content (AvgIpc) is 2.70. The van der Waals surface area contributed by atoms with Crippen molar-refractivity contribution in [3.05, 3.63) is 53.0 Å². The predicted molar refractivity (Wildman–Crippen MR) is 118 cm³/mol. The number of nitrogens with zero attached hydrogens (tertiary/aromatic N) is 2. The summed E-state index contributed by atoms with van der Waals surface area (Å²) in [7, 11) is 0. The molecule has 2 aromatic rings. The summed E-state index contributed by atoms with van der Waals surface area (Å²) >= 11 is 3.39. The minimum Gasteiger partial charge on any atom is -0.478 e. The number of hydrogen-bond acceptors (Lipinski definition) is 4. The highest BCUT2D eigenvalue weighted by atomic mass is 79.9. The fourth-order valence-electron chi connectivity index (χ4n) is 3.16. The molecule has 7 heteroatoms. The van der Waals surface area contributed by atoms with Crippen molar-refractivity contribution in [1.82, 2.24) is 4.90 Å². The molecule has 3 rings (SSSR count). The van der Waals surface area contributed by atoms with Crippen molar-refractivity contribution in [1.29, 1.82) is 0 Å². The van der Waals surface area contributed by atoms with Crippen LogP contribution in [0.5, 0.6) is 5.75 Å². The number of hydrogen-bond donors (Lipinski definition) is 1. The molecular formula is C22H26BrN3O3. The van der Waals surface area contributed by atoms with E-state index < -0.39 is 5.60 Å². The molecule has 1 fully saturated rings. The summed E-state index contributed by atoms with van der Waals surface area (Å²) in [5.74, 6) is 0.535. The van der Waals surface area contributed by atoms with Crippen molar-refractivity contribution in [3.63, 3.8) is 0 Å². The molecule has 1 aliphatic rings. The van der Waals surface area contributed by atoms with Crippen molar-refractivity contribution in [3.8, 4) is 5.75 Å². The lowest BCUT2D eigenvalue weighted by Crippen LogP contribution is -2.48. The number of halogens is 1. The van der Waals surface area contributed by atoms with Gasteiger partial charge in [-0.1, -0.05) is 15.9 Å². The maximum Gasteiger partial charge on any atom is 0.267 e. The van der Waals surface area contributed by atoms with E-state index in [0.29, 0.717) is 11.4 Å². The number of carbonyl (C=O) groups is 2. The van der Waals surface area contributed by atoms with Crippen LogP contribution in [-0.2, 0) is 9.59 Å². The standard InChI is InChI=1S/C22H26BrN3O3/c1-16(27)25-12-14-26(15-13-25)19-8-6-18(7-9-19)24-21(28)22(2,3)29-20-10-4-17(23)5-11-20/h4-11H,12-15H2,1-3H3,(H,24,28). The van der Waals surface area contributed by atoms with Crippen LogP contribution in [0.15, 0.2) is 53.0 Å². The zero-order valence-corrected chi connectivity index (χ0v) is 18.5. The third kappa shape index (κ3) is 5.50. The Bertz CT molecular complexity index is 858. The second-order valence-electron chi connectivity index (χ2n) is 7.56. The number of piperazine rings is 1. The van der Waals surface area contributed by atoms with Crippen molar-refractivity contribution in [2.24, 2.45) is 0 Å². The molecule has 0 spiro atoms. The van der Waals surface area contributed by atoms with Crippen LogP contribution in [-0.4, -0.2) is 48.5 Å². The van der Waals surface area contributed by atoms with Crippen molar-refractivity contribution >= 4 is 39.1 Å². The summed E-state index contributed by atoms with van der Waals surface area (Å²) in [6.45, 7) is 8.17. The van der Waals surface area contributed by atoms with Gasteiger partial charge in [-0.15, -0.1) is 0 Å². The highest BCUT2D eigenvalue weighted by molar-refractivity contribution is 9.10. The Labute approximate surface area is 180 Å². The van der Waals surface area contributed by atoms with Gasteiger partial charge in [0.1, 0.15) is 5.75 Å². The molecule has 6 nitrogen and oxygen atoms in total. The molecule has 0 radical (unpaired) electrons. The van der Waals surface area contributed by atoms with E-state index in [4.69, 9.17) is 4.74 Å². The van der Waals surface area contributed by atoms with Crippen LogP contribution in [0.1, 0.15) is 20.8 Å². The van der Waals surface area contributed by atoms with E-state index in [2.05, 4.69) is 26.1 Å². The fourth-order valence-corrected chi connectivity index (χ4v) is 3.42. The summed E-state index contributed by atoms with van der Waals surface area (Å²) in [4.78, 5) is 28.3. The third-order valence-corrected chi connectivity index (χ3v) is 5.48. The van der Waals surface area contributed by atoms with Crippen LogP contribution in [0.2, 0.25) is 0 Å². The summed E-state index contributed by atoms with van der Waals surface area (Å²) in [5.41, 5.74) is 0.778. The quantitative estimate of drug-likeness (QED) is 0.735. The number of carbonyl (C=O) groups excluding carboxylic acids is 2. The Morgan fingerprint density at radius 3 is 2.10 bits per heavy atom. The first-order chi connectivity index (χ1) is 13.7. The van der Waals surface area contributed by atoms with Crippen LogP contribution >= 0.6 is 15.9 Å². The molecule has 0 unspecified atom stereocenters. The minimum absolute atomic E-state index is 0.121. The van der Waals surface area contributed by atoms with E-state index in [-0.39, 0.29) is 11.8 Å². The zero-order valence-electron chi connectivity index (χ0n) is 16.9. The molecular weight excluding hydrogens is 434 g/mol. The van der Waals surface area contributed by atoms with Crippen molar-refractivity contribution < 1.29 is 14.3 Å². The number of nitrogens with one attached hydrogen (secondary N) is 1. The van der Waals surface area contributed by atoms with E-state index in [1.54, 1.807) is 20.8 Å². The zero-order chi connectivity index (χ0) is 21.0. The lowest BCUT2D eigenvalue weighted by atomic mass is 10.1. The van der Waals surface area contributed by atoms with E-state index in [0.717, 1.165) is 36.3 Å². The fraction of sp³-hybridized carbons (Fsp3) is 0.364. The van der Waals surface area contributed by atoms with Gasteiger partial charge in [0.05, 0.1) is 0 Å². The average molecular weight is 460 g/mol. The van der Waals surface area contributed by atoms with E-state index in [1.807, 2.05) is 53.4 Å². The first kappa shape index (κ1) is 21.2. The van der Waals surface area contributed by atoms with Gasteiger partial charge in [0.15, 0.2) is 5.60 Å². The number of anilines is 2. The summed E-state index contributed by atoms with van der Waals surface area (Å²) in [6.07, 6.45) is 0. The molecule has 154 valence electrons. The van der Waals surface area contributed by atoms with Crippen LogP contribution in [0.3, 0.4) is 0 Å². The van der Waals surface area contributed by atoms with Gasteiger partial charge in [-0.05, 0) is 62.4 Å². The number of rotatable bonds is 5. The lowest BCUT2D eigenvalue weighted by Gasteiger charge is -2.35. The molecule has 0 aromatic heterocycles. The van der Waals surface area contributed by atoms with Crippen molar-refractivity contribution in [2.75, 3.05) is 36.4 Å². The molecule has 2 aromatic carbocycles. The molecule has 1 N–H and O–H groups in total. The molecule has 0 aliphatic carbocycles. The number of ether oxygens (including phenoxy) is 1. The normalized spacial score (nSPS) is 14.5. The van der Waals surface area contributed by atoms with Gasteiger partial charge in [0.2, 0.25) is 5.91 Å². The molecule has 1 heterocycles. The maximum absolute atomic E-state index is 12.7. The first-order valence-electron chi connectivity index (χ1n) is 9.61. The SMILES string of the molecule is CC(=O)N1CCN(c2ccc(NC(=O)C(C)(C)Oc3ccc(Br)cc3)cc2)CC1. The van der Waals surface area contributed by atoms with Crippen LogP contribution < -0.4 is 15.0 Å². The Balaban J connectivity index is 1.58. The molecule has 29 heavy (non-hydrogen) atoms. The van der Waals surface area contributed by atoms with E-state index in [9.17, 15) is 9.59 Å². The monoisotopic (exact) mass is 459 g/mol. The highest BCUT2D eigenvalue weighted by Gasteiger charge is 2.30. The minimum atomic E-state index is -1.02. The molecule has 2 amide bonds. The highest BCUT2D eigenvalue weighted by Crippen LogP contribution is 2.24. The Morgan fingerprint density at radius 1 is 0.966 bits per heavy atom. The molecule has 1 saturated heterocycles. The Hall–Kier alpha value is -2.54. The molecule has 0 atom stereocenters. The van der Waals surface area contributed by atoms with Crippen LogP contribution in [0, 0.1) is 0 Å². The van der Waals surface area contributed by atoms with Gasteiger partial charge in [0, 0.05) is 49.0 Å². The van der Waals surface area contributed by atoms with Crippen molar-refractivity contribution in [2.45, 2.75) is 26.4 Å². The van der Waals surface area contributed by atoms with Gasteiger partial charge < -0.3 is 19.9 Å². The first-order valence-corrected chi connectivity index (χ1v) is 10.4. The smallest absolute Gasteiger partial charge is 0.267 e. The van der Waals surface area contributed by atoms with Crippen LogP contribution in [0.4, 0.5) is 11.4 Å². The van der Waals surface area contributed by atoms with Gasteiger partial charge in [0.25, 0.3) is 5.91 Å². The second kappa shape index (κ2) is 8.86. The summed E-state index contributed by atoms with van der Waals surface area (Å²) < 4.78 is 6.82. The van der Waals surface area contributed by atoms with Gasteiger partial charge >= 0.3 is 0 Å². The van der Waals surface area contributed by atoms with E-state index in [1.165, 1.54) is 0 Å². The molecule has 0 bridgehead atoms. The van der Waals surface area contributed by atoms with E-state index >= 15 is 0 Å². The number of amides is 2. The molecule has 1 aliphatic heterocycles. The Kier molecular flexibility index (Phi) is 6.47. The summed E-state index contributed by atoms with van der Waals surface area (Å²) in [5, 5.41) is 2.92. The predicted octanol–water partition coefficient (Wildman–Crippen LogP) is 3.91. The summed E-state index contributed by atoms with van der Waals surface area (Å²) in [6, 6.07) is 15.1. The van der Waals surface area contributed by atoms with Crippen LogP contribution in [0.25, 0.3) is 0 Å². The molecule has 0 saturated carbocycles. The lowest BCUT2D eigenvalue weighted by molar-refractivity contribution is -0.129. The third-order valence-electron chi connectivity index (χ3n) is 4.95. The van der Waals surface area contributed by atoms with Gasteiger partial charge in [-0.2, -0.15) is 0 Å².